The van der Waals surface area contributed by atoms with Crippen LogP contribution in [0.3, 0.4) is 0 Å². The second-order valence-electron chi connectivity index (χ2n) is 11.8. The summed E-state index contributed by atoms with van der Waals surface area (Å²) in [5.74, 6) is 1.35. The van der Waals surface area contributed by atoms with E-state index in [2.05, 4.69) is 23.2 Å². The number of amides is 1. The Balaban J connectivity index is 1.20. The number of aromatic nitrogens is 1. The number of nitrogens with one attached hydrogen (secondary N) is 1. The van der Waals surface area contributed by atoms with Gasteiger partial charge in [0, 0.05) is 35.9 Å². The average Bonchev–Trinajstić information content (AvgIpc) is 3.36. The van der Waals surface area contributed by atoms with Crippen molar-refractivity contribution in [3.63, 3.8) is 0 Å². The number of rotatable bonds is 4. The lowest BCUT2D eigenvalue weighted by Crippen LogP contribution is -2.45. The molecular formula is C27H35BFN3O3. The van der Waals surface area contributed by atoms with Crippen LogP contribution in [0.5, 0.6) is 0 Å². The van der Waals surface area contributed by atoms with E-state index in [1.54, 1.807) is 6.07 Å². The molecule has 186 valence electrons. The van der Waals surface area contributed by atoms with Crippen molar-refractivity contribution < 1.29 is 18.5 Å². The molecule has 2 aliphatic heterocycles. The Morgan fingerprint density at radius 1 is 1.06 bits per heavy atom. The summed E-state index contributed by atoms with van der Waals surface area (Å²) in [5.41, 5.74) is 1.08. The number of carbonyl (C=O) groups excluding carboxylic acids is 1. The standard InChI is InChI=1S/C27H35BFN3O3/c1-17-7-9-21(29)11-22(17)24(33)31-27(6)12-18-15-32(16-19(18)13-27)23-10-8-20(14-30-23)28-34-25(2,3)26(4,5)35-28/h7-11,14,18-19H,12-13,15-16H2,1-6H3,(H,31,33). The molecule has 1 N–H and O–H groups in total. The topological polar surface area (TPSA) is 63.7 Å². The lowest BCUT2D eigenvalue weighted by atomic mass is 9.80. The molecule has 3 aliphatic rings. The molecule has 2 aromatic rings. The van der Waals surface area contributed by atoms with Crippen molar-refractivity contribution in [2.24, 2.45) is 11.8 Å². The van der Waals surface area contributed by atoms with Gasteiger partial charge in [0.05, 0.1) is 11.2 Å². The van der Waals surface area contributed by atoms with Crippen LogP contribution in [-0.4, -0.2) is 47.8 Å². The number of anilines is 1. The van der Waals surface area contributed by atoms with Gasteiger partial charge in [0.25, 0.3) is 5.91 Å². The highest BCUT2D eigenvalue weighted by molar-refractivity contribution is 6.62. The Kier molecular flexibility index (Phi) is 5.76. The zero-order valence-corrected chi connectivity index (χ0v) is 21.5. The Morgan fingerprint density at radius 3 is 2.26 bits per heavy atom. The molecule has 1 amide bonds. The number of pyridine rings is 1. The van der Waals surface area contributed by atoms with Gasteiger partial charge in [-0.3, -0.25) is 4.79 Å². The van der Waals surface area contributed by atoms with E-state index in [0.29, 0.717) is 17.4 Å². The van der Waals surface area contributed by atoms with Crippen molar-refractivity contribution in [2.75, 3.05) is 18.0 Å². The maximum absolute atomic E-state index is 13.7. The lowest BCUT2D eigenvalue weighted by Gasteiger charge is -2.32. The summed E-state index contributed by atoms with van der Waals surface area (Å²) in [6.45, 7) is 14.0. The van der Waals surface area contributed by atoms with Gasteiger partial charge >= 0.3 is 7.12 Å². The van der Waals surface area contributed by atoms with Gasteiger partial charge in [0.2, 0.25) is 0 Å². The number of halogens is 1. The largest absolute Gasteiger partial charge is 0.496 e. The number of nitrogens with zero attached hydrogens (tertiary/aromatic N) is 2. The highest BCUT2D eigenvalue weighted by Gasteiger charge is 2.52. The number of fused-ring (bicyclic) bond motifs is 1. The van der Waals surface area contributed by atoms with E-state index in [9.17, 15) is 9.18 Å². The Morgan fingerprint density at radius 2 is 1.69 bits per heavy atom. The van der Waals surface area contributed by atoms with E-state index in [0.717, 1.165) is 42.8 Å². The first-order chi connectivity index (χ1) is 16.4. The normalized spacial score (nSPS) is 28.9. The molecule has 1 aromatic heterocycles. The van der Waals surface area contributed by atoms with Crippen molar-refractivity contribution in [2.45, 2.75) is 71.1 Å². The van der Waals surface area contributed by atoms with Gasteiger partial charge in [-0.15, -0.1) is 0 Å². The van der Waals surface area contributed by atoms with Crippen LogP contribution in [0.1, 0.15) is 63.4 Å². The molecule has 3 fully saturated rings. The molecule has 3 heterocycles. The van der Waals surface area contributed by atoms with Crippen LogP contribution >= 0.6 is 0 Å². The SMILES string of the molecule is Cc1ccc(F)cc1C(=O)NC1(C)CC2CN(c3ccc(B4OC(C)(C)C(C)(C)O4)cn3)CC2C1. The number of hydrogen-bond acceptors (Lipinski definition) is 5. The first-order valence-electron chi connectivity index (χ1n) is 12.5. The Bertz CT molecular complexity index is 1110. The Hall–Kier alpha value is -2.45. The molecule has 8 heteroatoms. The van der Waals surface area contributed by atoms with Crippen LogP contribution in [-0.2, 0) is 9.31 Å². The predicted molar refractivity (Wildman–Crippen MR) is 135 cm³/mol. The van der Waals surface area contributed by atoms with E-state index in [4.69, 9.17) is 14.3 Å². The number of hydrogen-bond donors (Lipinski definition) is 1. The molecule has 5 rings (SSSR count). The van der Waals surface area contributed by atoms with Crippen LogP contribution in [0.15, 0.2) is 36.5 Å². The second-order valence-corrected chi connectivity index (χ2v) is 11.8. The molecule has 35 heavy (non-hydrogen) atoms. The third kappa shape index (κ3) is 4.47. The van der Waals surface area contributed by atoms with Gasteiger partial charge in [-0.2, -0.15) is 0 Å². The highest BCUT2D eigenvalue weighted by Crippen LogP contribution is 2.44. The minimum absolute atomic E-state index is 0.193. The van der Waals surface area contributed by atoms with Crippen molar-refractivity contribution in [3.8, 4) is 0 Å². The molecule has 6 nitrogen and oxygen atoms in total. The van der Waals surface area contributed by atoms with Crippen LogP contribution in [0.4, 0.5) is 10.2 Å². The van der Waals surface area contributed by atoms with Crippen molar-refractivity contribution in [1.29, 1.82) is 0 Å². The van der Waals surface area contributed by atoms with Gasteiger partial charge in [0.15, 0.2) is 0 Å². The first-order valence-corrected chi connectivity index (χ1v) is 12.5. The van der Waals surface area contributed by atoms with E-state index in [-0.39, 0.29) is 28.5 Å². The van der Waals surface area contributed by atoms with Crippen LogP contribution < -0.4 is 15.7 Å². The van der Waals surface area contributed by atoms with Crippen molar-refractivity contribution >= 4 is 24.3 Å². The fourth-order valence-corrected chi connectivity index (χ4v) is 5.81. The zero-order valence-electron chi connectivity index (χ0n) is 21.5. The minimum Gasteiger partial charge on any atom is -0.399 e. The molecule has 0 spiro atoms. The fourth-order valence-electron chi connectivity index (χ4n) is 5.81. The van der Waals surface area contributed by atoms with Crippen LogP contribution in [0, 0.1) is 24.6 Å². The molecule has 2 unspecified atom stereocenters. The molecule has 2 atom stereocenters. The van der Waals surface area contributed by atoms with Crippen molar-refractivity contribution in [3.05, 3.63) is 53.5 Å². The second kappa shape index (κ2) is 8.31. The van der Waals surface area contributed by atoms with E-state index >= 15 is 0 Å². The van der Waals surface area contributed by atoms with Gasteiger partial charge in [-0.05, 0) is 90.0 Å². The molecule has 1 saturated carbocycles. The predicted octanol–water partition coefficient (Wildman–Crippen LogP) is 3.86. The van der Waals surface area contributed by atoms with Gasteiger partial charge in [-0.1, -0.05) is 12.1 Å². The lowest BCUT2D eigenvalue weighted by molar-refractivity contribution is 0.00578. The van der Waals surface area contributed by atoms with Crippen LogP contribution in [0.25, 0.3) is 0 Å². The van der Waals surface area contributed by atoms with E-state index in [1.807, 2.05) is 46.9 Å². The monoisotopic (exact) mass is 479 g/mol. The molecular weight excluding hydrogens is 444 g/mol. The van der Waals surface area contributed by atoms with Gasteiger partial charge < -0.3 is 19.5 Å². The van der Waals surface area contributed by atoms with Crippen LogP contribution in [0.2, 0.25) is 0 Å². The maximum Gasteiger partial charge on any atom is 0.496 e. The Labute approximate surface area is 207 Å². The molecule has 0 radical (unpaired) electrons. The van der Waals surface area contributed by atoms with Crippen molar-refractivity contribution in [1.82, 2.24) is 10.3 Å². The average molecular weight is 479 g/mol. The summed E-state index contributed by atoms with van der Waals surface area (Å²) in [5, 5.41) is 3.21. The third-order valence-corrected chi connectivity index (χ3v) is 8.48. The molecule has 1 aliphatic carbocycles. The summed E-state index contributed by atoms with van der Waals surface area (Å²) in [6, 6.07) is 8.46. The summed E-state index contributed by atoms with van der Waals surface area (Å²) >= 11 is 0. The van der Waals surface area contributed by atoms with Gasteiger partial charge in [-0.25, -0.2) is 9.37 Å². The van der Waals surface area contributed by atoms with E-state index in [1.165, 1.54) is 12.1 Å². The smallest absolute Gasteiger partial charge is 0.399 e. The first kappa shape index (κ1) is 24.3. The number of carbonyl (C=O) groups is 1. The summed E-state index contributed by atoms with van der Waals surface area (Å²) in [6.07, 6.45) is 3.66. The fraction of sp³-hybridized carbons (Fsp3) is 0.556. The summed E-state index contributed by atoms with van der Waals surface area (Å²) in [7, 11) is -0.412. The van der Waals surface area contributed by atoms with Gasteiger partial charge in [0.1, 0.15) is 11.6 Å². The summed E-state index contributed by atoms with van der Waals surface area (Å²) < 4.78 is 26.0. The molecule has 0 bridgehead atoms. The molecule has 2 saturated heterocycles. The number of aryl methyl sites for hydroxylation is 1. The quantitative estimate of drug-likeness (QED) is 0.675. The zero-order chi connectivity index (χ0) is 25.2. The number of benzene rings is 1. The summed E-state index contributed by atoms with van der Waals surface area (Å²) in [4.78, 5) is 20.0. The highest BCUT2D eigenvalue weighted by atomic mass is 19.1. The molecule has 1 aromatic carbocycles. The van der Waals surface area contributed by atoms with E-state index < -0.39 is 7.12 Å². The maximum atomic E-state index is 13.7. The third-order valence-electron chi connectivity index (χ3n) is 8.48. The minimum atomic E-state index is -0.412.